The molecule has 0 aliphatic carbocycles. The minimum absolute atomic E-state index is 0.0801. The number of hydrogen-bond donors (Lipinski definition) is 2. The van der Waals surface area contributed by atoms with E-state index in [2.05, 4.69) is 20.6 Å². The molecule has 1 unspecified atom stereocenters. The molecule has 0 aliphatic heterocycles. The van der Waals surface area contributed by atoms with Gasteiger partial charge in [-0.05, 0) is 38.5 Å². The van der Waals surface area contributed by atoms with Crippen LogP contribution in [0.5, 0.6) is 0 Å². The van der Waals surface area contributed by atoms with Gasteiger partial charge in [0, 0.05) is 17.1 Å². The molecule has 122 valence electrons. The van der Waals surface area contributed by atoms with Gasteiger partial charge in [0.1, 0.15) is 17.3 Å². The molecule has 2 rings (SSSR count). The Bertz CT molecular complexity index is 721. The summed E-state index contributed by atoms with van der Waals surface area (Å²) in [6, 6.07) is 6.75. The van der Waals surface area contributed by atoms with Gasteiger partial charge < -0.3 is 10.6 Å². The van der Waals surface area contributed by atoms with E-state index in [4.69, 9.17) is 23.2 Å². The lowest BCUT2D eigenvalue weighted by molar-refractivity contribution is 0.0934. The summed E-state index contributed by atoms with van der Waals surface area (Å²) in [5, 5.41) is 7.01. The third-order valence-corrected chi connectivity index (χ3v) is 3.82. The van der Waals surface area contributed by atoms with E-state index < -0.39 is 0 Å². The minimum Gasteiger partial charge on any atom is -0.348 e. The number of anilines is 2. The molecule has 0 radical (unpaired) electrons. The molecule has 23 heavy (non-hydrogen) atoms. The van der Waals surface area contributed by atoms with Crippen LogP contribution in [-0.2, 0) is 0 Å². The summed E-state index contributed by atoms with van der Waals surface area (Å²) in [4.78, 5) is 20.7. The van der Waals surface area contributed by atoms with Gasteiger partial charge in [0.2, 0.25) is 0 Å². The number of nitrogens with one attached hydrogen (secondary N) is 2. The Morgan fingerprint density at radius 3 is 2.70 bits per heavy atom. The number of nitrogens with zero attached hydrogens (tertiary/aromatic N) is 2. The summed E-state index contributed by atoms with van der Waals surface area (Å²) in [6.07, 6.45) is 0.846. The Morgan fingerprint density at radius 2 is 2.00 bits per heavy atom. The van der Waals surface area contributed by atoms with Gasteiger partial charge in [-0.3, -0.25) is 4.79 Å². The number of halogens is 2. The van der Waals surface area contributed by atoms with Crippen molar-refractivity contribution in [3.05, 3.63) is 45.8 Å². The molecule has 0 fully saturated rings. The minimum atomic E-state index is -0.231. The van der Waals surface area contributed by atoms with Crippen molar-refractivity contribution in [1.82, 2.24) is 15.3 Å². The van der Waals surface area contributed by atoms with Crippen LogP contribution in [0.1, 0.15) is 36.6 Å². The van der Waals surface area contributed by atoms with Crippen molar-refractivity contribution in [3.63, 3.8) is 0 Å². The standard InChI is InChI=1S/C16H18Cl2N4O/c1-4-9(2)19-16(23)14-8-15(21-10(3)20-14)22-13-7-11(17)5-6-12(13)18/h5-9H,4H2,1-3H3,(H,19,23)(H,20,21,22). The van der Waals surface area contributed by atoms with Crippen molar-refractivity contribution in [3.8, 4) is 0 Å². The van der Waals surface area contributed by atoms with Crippen LogP contribution in [0.15, 0.2) is 24.3 Å². The fourth-order valence-electron chi connectivity index (χ4n) is 1.88. The summed E-state index contributed by atoms with van der Waals surface area (Å²) in [5.74, 6) is 0.739. The highest BCUT2D eigenvalue weighted by Gasteiger charge is 2.13. The van der Waals surface area contributed by atoms with Gasteiger partial charge in [0.25, 0.3) is 5.91 Å². The van der Waals surface area contributed by atoms with Gasteiger partial charge in [0.15, 0.2) is 0 Å². The molecule has 1 heterocycles. The van der Waals surface area contributed by atoms with E-state index >= 15 is 0 Å². The lowest BCUT2D eigenvalue weighted by Crippen LogP contribution is -2.32. The number of carbonyl (C=O) groups is 1. The molecule has 0 aliphatic rings. The van der Waals surface area contributed by atoms with E-state index in [1.54, 1.807) is 31.2 Å². The number of rotatable bonds is 5. The molecular weight excluding hydrogens is 335 g/mol. The summed E-state index contributed by atoms with van der Waals surface area (Å²) in [5.41, 5.74) is 0.920. The lowest BCUT2D eigenvalue weighted by atomic mass is 10.2. The summed E-state index contributed by atoms with van der Waals surface area (Å²) < 4.78 is 0. The monoisotopic (exact) mass is 352 g/mol. The zero-order valence-electron chi connectivity index (χ0n) is 13.2. The third-order valence-electron chi connectivity index (χ3n) is 3.25. The van der Waals surface area contributed by atoms with Crippen molar-refractivity contribution < 1.29 is 4.79 Å². The van der Waals surface area contributed by atoms with Gasteiger partial charge in [-0.15, -0.1) is 0 Å². The number of amides is 1. The highest BCUT2D eigenvalue weighted by molar-refractivity contribution is 6.35. The third kappa shape index (κ3) is 4.81. The fraction of sp³-hybridized carbons (Fsp3) is 0.312. The zero-order valence-corrected chi connectivity index (χ0v) is 14.7. The van der Waals surface area contributed by atoms with E-state index in [-0.39, 0.29) is 11.9 Å². The molecule has 0 saturated heterocycles. The van der Waals surface area contributed by atoms with Gasteiger partial charge in [0.05, 0.1) is 10.7 Å². The van der Waals surface area contributed by atoms with Crippen LogP contribution in [0.3, 0.4) is 0 Å². The summed E-state index contributed by atoms with van der Waals surface area (Å²) in [7, 11) is 0. The highest BCUT2D eigenvalue weighted by Crippen LogP contribution is 2.28. The molecule has 2 N–H and O–H groups in total. The number of aromatic nitrogens is 2. The topological polar surface area (TPSA) is 66.9 Å². The molecular formula is C16H18Cl2N4O. The largest absolute Gasteiger partial charge is 0.348 e. The lowest BCUT2D eigenvalue weighted by Gasteiger charge is -2.13. The maximum Gasteiger partial charge on any atom is 0.270 e. The van der Waals surface area contributed by atoms with Crippen LogP contribution in [0.25, 0.3) is 0 Å². The molecule has 1 amide bonds. The summed E-state index contributed by atoms with van der Waals surface area (Å²) >= 11 is 12.1. The smallest absolute Gasteiger partial charge is 0.270 e. The Hall–Kier alpha value is -1.85. The number of benzene rings is 1. The first-order valence-electron chi connectivity index (χ1n) is 7.27. The quantitative estimate of drug-likeness (QED) is 0.838. The Morgan fingerprint density at radius 1 is 1.26 bits per heavy atom. The Balaban J connectivity index is 2.26. The predicted octanol–water partition coefficient (Wildman–Crippen LogP) is 4.36. The van der Waals surface area contributed by atoms with Crippen LogP contribution in [-0.4, -0.2) is 21.9 Å². The molecule has 0 bridgehead atoms. The van der Waals surface area contributed by atoms with Crippen molar-refractivity contribution in [2.75, 3.05) is 5.32 Å². The van der Waals surface area contributed by atoms with Gasteiger partial charge >= 0.3 is 0 Å². The predicted molar refractivity (Wildman–Crippen MR) is 93.7 cm³/mol. The maximum absolute atomic E-state index is 12.2. The Kier molecular flexibility index (Phi) is 5.80. The second kappa shape index (κ2) is 7.62. The molecule has 1 aromatic carbocycles. The molecule has 1 atom stereocenters. The van der Waals surface area contributed by atoms with Crippen LogP contribution >= 0.6 is 23.2 Å². The van der Waals surface area contributed by atoms with Crippen LogP contribution in [0.4, 0.5) is 11.5 Å². The van der Waals surface area contributed by atoms with Crippen LogP contribution < -0.4 is 10.6 Å². The van der Waals surface area contributed by atoms with Crippen LogP contribution in [0, 0.1) is 6.92 Å². The number of carbonyl (C=O) groups excluding carboxylic acids is 1. The molecule has 2 aromatic rings. The van der Waals surface area contributed by atoms with E-state index in [0.717, 1.165) is 6.42 Å². The van der Waals surface area contributed by atoms with E-state index in [0.29, 0.717) is 33.1 Å². The average Bonchev–Trinajstić information content (AvgIpc) is 2.50. The second-order valence-electron chi connectivity index (χ2n) is 5.22. The fourth-order valence-corrected chi connectivity index (χ4v) is 2.22. The van der Waals surface area contributed by atoms with Crippen molar-refractivity contribution in [2.45, 2.75) is 33.2 Å². The SMILES string of the molecule is CCC(C)NC(=O)c1cc(Nc2cc(Cl)ccc2Cl)nc(C)n1. The molecule has 5 nitrogen and oxygen atoms in total. The first kappa shape index (κ1) is 17.5. The van der Waals surface area contributed by atoms with Gasteiger partial charge in [-0.1, -0.05) is 30.1 Å². The molecule has 7 heteroatoms. The highest BCUT2D eigenvalue weighted by atomic mass is 35.5. The van der Waals surface area contributed by atoms with Gasteiger partial charge in [-0.25, -0.2) is 9.97 Å². The summed E-state index contributed by atoms with van der Waals surface area (Å²) in [6.45, 7) is 5.67. The Labute approximate surface area is 145 Å². The average molecular weight is 353 g/mol. The first-order valence-corrected chi connectivity index (χ1v) is 8.03. The normalized spacial score (nSPS) is 11.9. The first-order chi connectivity index (χ1) is 10.9. The van der Waals surface area contributed by atoms with E-state index in [1.807, 2.05) is 13.8 Å². The molecule has 1 aromatic heterocycles. The van der Waals surface area contributed by atoms with E-state index in [1.165, 1.54) is 0 Å². The van der Waals surface area contributed by atoms with Gasteiger partial charge in [-0.2, -0.15) is 0 Å². The molecule has 0 spiro atoms. The molecule has 0 saturated carbocycles. The zero-order chi connectivity index (χ0) is 17.0. The number of hydrogen-bond acceptors (Lipinski definition) is 4. The van der Waals surface area contributed by atoms with E-state index in [9.17, 15) is 4.79 Å². The maximum atomic E-state index is 12.2. The van der Waals surface area contributed by atoms with Crippen molar-refractivity contribution in [2.24, 2.45) is 0 Å². The van der Waals surface area contributed by atoms with Crippen molar-refractivity contribution >= 4 is 40.6 Å². The van der Waals surface area contributed by atoms with Crippen molar-refractivity contribution in [1.29, 1.82) is 0 Å². The second-order valence-corrected chi connectivity index (χ2v) is 6.06. The van der Waals surface area contributed by atoms with Crippen LogP contribution in [0.2, 0.25) is 10.0 Å². The number of aryl methyl sites for hydroxylation is 1.